The lowest BCUT2D eigenvalue weighted by Gasteiger charge is -2.30. The molecule has 112 valence electrons. The summed E-state index contributed by atoms with van der Waals surface area (Å²) in [7, 11) is 0. The van der Waals surface area contributed by atoms with Gasteiger partial charge in [0.1, 0.15) is 0 Å². The van der Waals surface area contributed by atoms with Crippen LogP contribution in [0.3, 0.4) is 0 Å². The van der Waals surface area contributed by atoms with Crippen molar-refractivity contribution in [2.75, 3.05) is 6.54 Å². The molecule has 2 aromatic rings. The van der Waals surface area contributed by atoms with E-state index in [-0.39, 0.29) is 24.4 Å². The Morgan fingerprint density at radius 3 is 2.00 bits per heavy atom. The molecular formula is C17H17N3O2. The van der Waals surface area contributed by atoms with Crippen molar-refractivity contribution in [3.8, 4) is 0 Å². The van der Waals surface area contributed by atoms with E-state index in [9.17, 15) is 9.70 Å². The Morgan fingerprint density at radius 1 is 0.909 bits per heavy atom. The van der Waals surface area contributed by atoms with E-state index in [4.69, 9.17) is 0 Å². The summed E-state index contributed by atoms with van der Waals surface area (Å²) < 4.78 is 0. The highest BCUT2D eigenvalue weighted by Gasteiger charge is 2.33. The summed E-state index contributed by atoms with van der Waals surface area (Å²) in [6, 6.07) is 18.6. The van der Waals surface area contributed by atoms with Crippen LogP contribution in [0.5, 0.6) is 0 Å². The molecule has 5 heteroatoms. The average Bonchev–Trinajstić information content (AvgIpc) is 2.75. The number of carbonyl (C=O) groups is 1. The van der Waals surface area contributed by atoms with E-state index >= 15 is 0 Å². The molecule has 1 aliphatic rings. The van der Waals surface area contributed by atoms with E-state index in [0.29, 0.717) is 6.54 Å². The lowest BCUT2D eigenvalue weighted by molar-refractivity contribution is -0.121. The van der Waals surface area contributed by atoms with Crippen LogP contribution in [0, 0.1) is 4.91 Å². The van der Waals surface area contributed by atoms with Crippen LogP contribution in [0.2, 0.25) is 0 Å². The second-order valence-electron chi connectivity index (χ2n) is 5.32. The number of rotatable bonds is 3. The topological polar surface area (TPSA) is 61.8 Å². The molecule has 1 amide bonds. The summed E-state index contributed by atoms with van der Waals surface area (Å²) in [5.74, 6) is -0.0686. The fourth-order valence-electron chi connectivity index (χ4n) is 2.87. The lowest BCUT2D eigenvalue weighted by Crippen LogP contribution is -2.30. The molecular weight excluding hydrogens is 278 g/mol. The predicted octanol–water partition coefficient (Wildman–Crippen LogP) is 2.97. The maximum absolute atomic E-state index is 12.0. The third-order valence-electron chi connectivity index (χ3n) is 3.97. The van der Waals surface area contributed by atoms with Gasteiger partial charge in [0.15, 0.2) is 0 Å². The van der Waals surface area contributed by atoms with E-state index in [0.717, 1.165) is 11.1 Å². The summed E-state index contributed by atoms with van der Waals surface area (Å²) in [4.78, 5) is 23.5. The minimum atomic E-state index is -0.355. The zero-order chi connectivity index (χ0) is 15.4. The van der Waals surface area contributed by atoms with Gasteiger partial charge in [0, 0.05) is 6.54 Å². The van der Waals surface area contributed by atoms with Gasteiger partial charge in [-0.25, -0.2) is 5.01 Å². The highest BCUT2D eigenvalue weighted by molar-refractivity contribution is 5.77. The maximum Gasteiger partial charge on any atom is 0.222 e. The SMILES string of the molecule is O=NN1[C@@H](c2ccccc2)CNC(=O)C[C@H]1c1ccccc1. The molecule has 0 spiro atoms. The number of hydrogen-bond acceptors (Lipinski definition) is 3. The number of benzene rings is 2. The van der Waals surface area contributed by atoms with Crippen molar-refractivity contribution in [3.05, 3.63) is 76.7 Å². The number of carbonyl (C=O) groups excluding carboxylic acids is 1. The monoisotopic (exact) mass is 295 g/mol. The summed E-state index contributed by atoms with van der Waals surface area (Å²) >= 11 is 0. The normalized spacial score (nSPS) is 21.8. The Balaban J connectivity index is 2.00. The summed E-state index contributed by atoms with van der Waals surface area (Å²) in [6.07, 6.45) is 0.221. The molecule has 0 aromatic heterocycles. The van der Waals surface area contributed by atoms with Gasteiger partial charge in [-0.3, -0.25) is 4.79 Å². The molecule has 2 atom stereocenters. The molecule has 1 N–H and O–H groups in total. The zero-order valence-electron chi connectivity index (χ0n) is 12.1. The van der Waals surface area contributed by atoms with Crippen molar-refractivity contribution < 1.29 is 4.79 Å². The third kappa shape index (κ3) is 2.83. The van der Waals surface area contributed by atoms with Gasteiger partial charge in [0.25, 0.3) is 0 Å². The van der Waals surface area contributed by atoms with Crippen LogP contribution in [0.4, 0.5) is 0 Å². The first-order valence-electron chi connectivity index (χ1n) is 7.28. The molecule has 0 unspecified atom stereocenters. The molecule has 1 heterocycles. The fourth-order valence-corrected chi connectivity index (χ4v) is 2.87. The van der Waals surface area contributed by atoms with Crippen LogP contribution in [-0.4, -0.2) is 17.5 Å². The van der Waals surface area contributed by atoms with E-state index in [1.54, 1.807) is 0 Å². The van der Waals surface area contributed by atoms with E-state index in [1.165, 1.54) is 5.01 Å². The minimum Gasteiger partial charge on any atom is -0.354 e. The predicted molar refractivity (Wildman–Crippen MR) is 83.6 cm³/mol. The Morgan fingerprint density at radius 2 is 1.45 bits per heavy atom. The van der Waals surface area contributed by atoms with Crippen LogP contribution in [-0.2, 0) is 4.79 Å². The molecule has 0 aliphatic carbocycles. The molecule has 0 radical (unpaired) electrons. The van der Waals surface area contributed by atoms with Crippen molar-refractivity contribution in [2.45, 2.75) is 18.5 Å². The lowest BCUT2D eigenvalue weighted by atomic mass is 10.0. The van der Waals surface area contributed by atoms with Gasteiger partial charge in [0.2, 0.25) is 5.91 Å². The van der Waals surface area contributed by atoms with Gasteiger partial charge in [-0.2, -0.15) is 0 Å². The first-order valence-corrected chi connectivity index (χ1v) is 7.28. The average molecular weight is 295 g/mol. The molecule has 3 rings (SSSR count). The van der Waals surface area contributed by atoms with Crippen molar-refractivity contribution >= 4 is 5.91 Å². The molecule has 0 bridgehead atoms. The van der Waals surface area contributed by atoms with Crippen LogP contribution in [0.15, 0.2) is 65.9 Å². The molecule has 1 fully saturated rings. The van der Waals surface area contributed by atoms with Gasteiger partial charge in [-0.05, 0) is 11.1 Å². The summed E-state index contributed by atoms with van der Waals surface area (Å²) in [5, 5.41) is 7.63. The van der Waals surface area contributed by atoms with Crippen molar-refractivity contribution in [1.29, 1.82) is 0 Å². The second kappa shape index (κ2) is 6.39. The maximum atomic E-state index is 12.0. The molecule has 2 aromatic carbocycles. The number of nitrogens with zero attached hydrogens (tertiary/aromatic N) is 2. The van der Waals surface area contributed by atoms with Gasteiger partial charge < -0.3 is 5.32 Å². The quantitative estimate of drug-likeness (QED) is 0.885. The Labute approximate surface area is 128 Å². The standard InChI is InChI=1S/C17H17N3O2/c21-17-11-15(13-7-3-1-4-8-13)20(19-22)16(12-18-17)14-9-5-2-6-10-14/h1-10,15-16H,11-12H2,(H,18,21)/t15-,16+/m0/s1. The fraction of sp³-hybridized carbons (Fsp3) is 0.235. The highest BCUT2D eigenvalue weighted by atomic mass is 16.3. The van der Waals surface area contributed by atoms with Crippen LogP contribution in [0.25, 0.3) is 0 Å². The highest BCUT2D eigenvalue weighted by Crippen LogP contribution is 2.34. The number of nitrogens with one attached hydrogen (secondary N) is 1. The number of hydrogen-bond donors (Lipinski definition) is 1. The minimum absolute atomic E-state index is 0.0686. The van der Waals surface area contributed by atoms with Crippen molar-refractivity contribution in [1.82, 2.24) is 10.3 Å². The van der Waals surface area contributed by atoms with Crippen molar-refractivity contribution in [2.24, 2.45) is 5.29 Å². The molecule has 22 heavy (non-hydrogen) atoms. The summed E-state index contributed by atoms with van der Waals surface area (Å²) in [5.41, 5.74) is 1.88. The Kier molecular flexibility index (Phi) is 4.14. The second-order valence-corrected chi connectivity index (χ2v) is 5.32. The van der Waals surface area contributed by atoms with E-state index in [1.807, 2.05) is 60.7 Å². The molecule has 1 saturated heterocycles. The van der Waals surface area contributed by atoms with Gasteiger partial charge in [-0.1, -0.05) is 60.7 Å². The van der Waals surface area contributed by atoms with Crippen LogP contribution >= 0.6 is 0 Å². The van der Waals surface area contributed by atoms with Crippen LogP contribution < -0.4 is 5.32 Å². The van der Waals surface area contributed by atoms with Gasteiger partial charge >= 0.3 is 0 Å². The molecule has 5 nitrogen and oxygen atoms in total. The Bertz CT molecular complexity index is 645. The first-order chi connectivity index (χ1) is 10.8. The smallest absolute Gasteiger partial charge is 0.222 e. The van der Waals surface area contributed by atoms with E-state index in [2.05, 4.69) is 10.6 Å². The van der Waals surface area contributed by atoms with E-state index < -0.39 is 0 Å². The largest absolute Gasteiger partial charge is 0.354 e. The van der Waals surface area contributed by atoms with Gasteiger partial charge in [-0.15, -0.1) is 4.91 Å². The third-order valence-corrected chi connectivity index (χ3v) is 3.97. The first kappa shape index (κ1) is 14.3. The Hall–Kier alpha value is -2.69. The molecule has 1 aliphatic heterocycles. The van der Waals surface area contributed by atoms with Crippen LogP contribution in [0.1, 0.15) is 29.6 Å². The zero-order valence-corrected chi connectivity index (χ0v) is 12.1. The van der Waals surface area contributed by atoms with Gasteiger partial charge in [0.05, 0.1) is 23.8 Å². The summed E-state index contributed by atoms with van der Waals surface area (Å²) in [6.45, 7) is 0.373. The number of nitroso groups, excluding NO2 is 1. The van der Waals surface area contributed by atoms with Crippen molar-refractivity contribution in [3.63, 3.8) is 0 Å². The number of amides is 1. The molecule has 0 saturated carbocycles.